The maximum Gasteiger partial charge on any atom is 0.139 e. The topological polar surface area (TPSA) is 17.1 Å². The minimum Gasteiger partial charge on any atom is -0.299 e. The summed E-state index contributed by atoms with van der Waals surface area (Å²) in [5, 5.41) is 0. The van der Waals surface area contributed by atoms with Crippen molar-refractivity contribution < 1.29 is 4.79 Å². The van der Waals surface area contributed by atoms with E-state index in [1.807, 2.05) is 0 Å². The molecule has 128 valence electrons. The van der Waals surface area contributed by atoms with Crippen LogP contribution in [0.5, 0.6) is 0 Å². The summed E-state index contributed by atoms with van der Waals surface area (Å²) in [5.74, 6) is 2.54. The Kier molecular flexibility index (Phi) is 6.44. The molecule has 0 saturated heterocycles. The van der Waals surface area contributed by atoms with Crippen LogP contribution in [-0.2, 0) is 11.2 Å². The van der Waals surface area contributed by atoms with Crippen LogP contribution in [-0.4, -0.2) is 5.78 Å². The smallest absolute Gasteiger partial charge is 0.139 e. The lowest BCUT2D eigenvalue weighted by Gasteiger charge is -2.34. The number of carbonyl (C=O) groups is 1. The quantitative estimate of drug-likeness (QED) is 0.569. The van der Waals surface area contributed by atoms with Crippen molar-refractivity contribution in [1.82, 2.24) is 0 Å². The van der Waals surface area contributed by atoms with Crippen molar-refractivity contribution >= 4 is 5.78 Å². The molecule has 1 aliphatic carbocycles. The van der Waals surface area contributed by atoms with Gasteiger partial charge in [0.1, 0.15) is 5.78 Å². The molecule has 23 heavy (non-hydrogen) atoms. The fourth-order valence-corrected chi connectivity index (χ4v) is 4.43. The Balaban J connectivity index is 1.96. The Labute approximate surface area is 142 Å². The highest BCUT2D eigenvalue weighted by atomic mass is 16.1. The fraction of sp³-hybridized carbons (Fsp3) is 0.682. The Morgan fingerprint density at radius 1 is 1.13 bits per heavy atom. The van der Waals surface area contributed by atoms with Gasteiger partial charge in [0.05, 0.1) is 0 Å². The van der Waals surface area contributed by atoms with Gasteiger partial charge in [-0.25, -0.2) is 0 Å². The molecule has 1 heteroatoms. The van der Waals surface area contributed by atoms with Crippen LogP contribution in [0.25, 0.3) is 0 Å². The predicted molar refractivity (Wildman–Crippen MR) is 98.5 cm³/mol. The summed E-state index contributed by atoms with van der Waals surface area (Å²) in [6.07, 6.45) is 7.83. The third-order valence-corrected chi connectivity index (χ3v) is 6.04. The Morgan fingerprint density at radius 2 is 1.83 bits per heavy atom. The van der Waals surface area contributed by atoms with Crippen LogP contribution in [0.1, 0.15) is 71.8 Å². The third-order valence-electron chi connectivity index (χ3n) is 6.04. The zero-order valence-corrected chi connectivity index (χ0v) is 15.5. The van der Waals surface area contributed by atoms with Gasteiger partial charge in [0.15, 0.2) is 0 Å². The summed E-state index contributed by atoms with van der Waals surface area (Å²) in [5.41, 5.74) is 1.26. The molecule has 0 bridgehead atoms. The van der Waals surface area contributed by atoms with Gasteiger partial charge in [-0.2, -0.15) is 0 Å². The zero-order chi connectivity index (χ0) is 16.9. The maximum atomic E-state index is 12.6. The highest BCUT2D eigenvalue weighted by Crippen LogP contribution is 2.48. The van der Waals surface area contributed by atoms with Gasteiger partial charge in [-0.3, -0.25) is 4.79 Å². The molecule has 1 saturated carbocycles. The number of benzene rings is 1. The minimum atomic E-state index is -0.104. The first kappa shape index (κ1) is 18.2. The summed E-state index contributed by atoms with van der Waals surface area (Å²) >= 11 is 0. The Bertz CT molecular complexity index is 490. The molecular weight excluding hydrogens is 280 g/mol. The highest BCUT2D eigenvalue weighted by molar-refractivity contribution is 5.87. The Hall–Kier alpha value is -1.11. The van der Waals surface area contributed by atoms with Crippen molar-refractivity contribution in [2.24, 2.45) is 23.2 Å². The Morgan fingerprint density at radius 3 is 2.48 bits per heavy atom. The van der Waals surface area contributed by atoms with E-state index in [9.17, 15) is 4.79 Å². The number of hydrogen-bond donors (Lipinski definition) is 0. The van der Waals surface area contributed by atoms with Crippen molar-refractivity contribution in [1.29, 1.82) is 0 Å². The van der Waals surface area contributed by atoms with Crippen LogP contribution in [0, 0.1) is 23.2 Å². The third kappa shape index (κ3) is 4.68. The molecule has 0 heterocycles. The fourth-order valence-electron chi connectivity index (χ4n) is 4.43. The number of Topliss-reactive ketones (excluding diaryl/α,β-unsaturated/α-hetero) is 1. The van der Waals surface area contributed by atoms with E-state index in [1.54, 1.807) is 0 Å². The first-order valence-corrected chi connectivity index (χ1v) is 9.50. The van der Waals surface area contributed by atoms with E-state index < -0.39 is 0 Å². The van der Waals surface area contributed by atoms with Crippen LogP contribution >= 0.6 is 0 Å². The van der Waals surface area contributed by atoms with Gasteiger partial charge in [-0.15, -0.1) is 0 Å². The average Bonchev–Trinajstić information content (AvgIpc) is 2.82. The van der Waals surface area contributed by atoms with Gasteiger partial charge >= 0.3 is 0 Å². The zero-order valence-electron chi connectivity index (χ0n) is 15.5. The molecule has 0 N–H and O–H groups in total. The molecule has 1 aromatic carbocycles. The molecule has 2 rings (SSSR count). The van der Waals surface area contributed by atoms with E-state index in [0.717, 1.165) is 31.6 Å². The SMILES string of the molecule is CC(C)CCC[C@@H](C)[C@@H]1CCC(=O)[C@@]1(C)CCc1ccccc1. The summed E-state index contributed by atoms with van der Waals surface area (Å²) in [7, 11) is 0. The van der Waals surface area contributed by atoms with E-state index in [0.29, 0.717) is 17.6 Å². The van der Waals surface area contributed by atoms with Gasteiger partial charge in [0.25, 0.3) is 0 Å². The number of aryl methyl sites for hydroxylation is 1. The van der Waals surface area contributed by atoms with E-state index >= 15 is 0 Å². The monoisotopic (exact) mass is 314 g/mol. The van der Waals surface area contributed by atoms with Crippen molar-refractivity contribution in [3.8, 4) is 0 Å². The summed E-state index contributed by atoms with van der Waals surface area (Å²) < 4.78 is 0. The standard InChI is InChI=1S/C22H34O/c1-17(2)9-8-10-18(3)20-13-14-21(23)22(20,4)16-15-19-11-6-5-7-12-19/h5-7,11-12,17-18,20H,8-10,13-16H2,1-4H3/t18-,20+,22+/m1/s1. The van der Waals surface area contributed by atoms with Crippen LogP contribution in [0.4, 0.5) is 0 Å². The molecule has 0 spiro atoms. The minimum absolute atomic E-state index is 0.104. The second-order valence-electron chi connectivity index (χ2n) is 8.27. The summed E-state index contributed by atoms with van der Waals surface area (Å²) in [4.78, 5) is 12.6. The highest BCUT2D eigenvalue weighted by Gasteiger charge is 2.47. The molecule has 1 nitrogen and oxygen atoms in total. The lowest BCUT2D eigenvalue weighted by Crippen LogP contribution is -2.33. The first-order chi connectivity index (χ1) is 10.9. The van der Waals surface area contributed by atoms with Crippen LogP contribution in [0.3, 0.4) is 0 Å². The van der Waals surface area contributed by atoms with Gasteiger partial charge in [-0.05, 0) is 42.6 Å². The number of rotatable bonds is 8. The van der Waals surface area contributed by atoms with E-state index in [-0.39, 0.29) is 5.41 Å². The van der Waals surface area contributed by atoms with Gasteiger partial charge in [-0.1, -0.05) is 77.3 Å². The van der Waals surface area contributed by atoms with Crippen molar-refractivity contribution in [2.45, 2.75) is 72.6 Å². The lowest BCUT2D eigenvalue weighted by molar-refractivity contribution is -0.127. The van der Waals surface area contributed by atoms with Crippen LogP contribution in [0.2, 0.25) is 0 Å². The van der Waals surface area contributed by atoms with Crippen molar-refractivity contribution in [2.75, 3.05) is 0 Å². The molecule has 0 aliphatic heterocycles. The summed E-state index contributed by atoms with van der Waals surface area (Å²) in [6, 6.07) is 10.6. The molecule has 1 aliphatic rings. The molecule has 0 aromatic heterocycles. The summed E-state index contributed by atoms with van der Waals surface area (Å²) in [6.45, 7) is 9.22. The van der Waals surface area contributed by atoms with Crippen molar-refractivity contribution in [3.63, 3.8) is 0 Å². The van der Waals surface area contributed by atoms with Gasteiger partial charge < -0.3 is 0 Å². The van der Waals surface area contributed by atoms with E-state index in [4.69, 9.17) is 0 Å². The molecule has 1 fully saturated rings. The molecule has 3 atom stereocenters. The second kappa shape index (κ2) is 8.13. The largest absolute Gasteiger partial charge is 0.299 e. The molecule has 1 aromatic rings. The van der Waals surface area contributed by atoms with Gasteiger partial charge in [0.2, 0.25) is 0 Å². The normalized spacial score (nSPS) is 26.0. The molecule has 0 amide bonds. The van der Waals surface area contributed by atoms with Gasteiger partial charge in [0, 0.05) is 11.8 Å². The number of hydrogen-bond acceptors (Lipinski definition) is 1. The number of ketones is 1. The maximum absolute atomic E-state index is 12.6. The van der Waals surface area contributed by atoms with Crippen LogP contribution in [0.15, 0.2) is 30.3 Å². The molecule has 0 radical (unpaired) electrons. The van der Waals surface area contributed by atoms with Crippen LogP contribution < -0.4 is 0 Å². The average molecular weight is 315 g/mol. The van der Waals surface area contributed by atoms with Crippen molar-refractivity contribution in [3.05, 3.63) is 35.9 Å². The predicted octanol–water partition coefficient (Wildman–Crippen LogP) is 6.07. The van der Waals surface area contributed by atoms with E-state index in [2.05, 4.69) is 58.0 Å². The molecule has 0 unspecified atom stereocenters. The first-order valence-electron chi connectivity index (χ1n) is 9.50. The second-order valence-corrected chi connectivity index (χ2v) is 8.27. The number of carbonyl (C=O) groups excluding carboxylic acids is 1. The molecular formula is C22H34O. The lowest BCUT2D eigenvalue weighted by atomic mass is 9.69. The van der Waals surface area contributed by atoms with E-state index in [1.165, 1.54) is 24.8 Å².